The summed E-state index contributed by atoms with van der Waals surface area (Å²) in [5, 5.41) is 26.5. The summed E-state index contributed by atoms with van der Waals surface area (Å²) in [5.74, 6) is -2.07. The zero-order valence-electron chi connectivity index (χ0n) is 21.1. The fourth-order valence-corrected chi connectivity index (χ4v) is 4.75. The lowest BCUT2D eigenvalue weighted by Gasteiger charge is -2.31. The number of aliphatic imine (C=N–C) groups is 1. The van der Waals surface area contributed by atoms with E-state index in [1.54, 1.807) is 20.1 Å². The highest BCUT2D eigenvalue weighted by atomic mass is 19.1. The lowest BCUT2D eigenvalue weighted by atomic mass is 10.2. The molecule has 3 aromatic rings. The van der Waals surface area contributed by atoms with Gasteiger partial charge in [-0.3, -0.25) is 4.99 Å². The molecular weight excluding hydrogens is 494 g/mol. The summed E-state index contributed by atoms with van der Waals surface area (Å²) < 4.78 is 37.5. The summed E-state index contributed by atoms with van der Waals surface area (Å²) in [6.45, 7) is 7.06. The van der Waals surface area contributed by atoms with E-state index in [0.29, 0.717) is 18.5 Å². The first-order valence-electron chi connectivity index (χ1n) is 12.5. The van der Waals surface area contributed by atoms with Gasteiger partial charge in [0.15, 0.2) is 28.8 Å². The second kappa shape index (κ2) is 10.7. The van der Waals surface area contributed by atoms with Gasteiger partial charge in [-0.1, -0.05) is 13.0 Å². The highest BCUT2D eigenvalue weighted by Gasteiger charge is 2.24. The molecule has 4 heterocycles. The van der Waals surface area contributed by atoms with Crippen LogP contribution in [0.2, 0.25) is 0 Å². The number of nitrogens with zero attached hydrogens (tertiary/aromatic N) is 6. The molecule has 0 spiro atoms. The number of fused-ring (bicyclic) bond motifs is 1. The normalized spacial score (nSPS) is 18.3. The molecule has 0 amide bonds. The molecule has 38 heavy (non-hydrogen) atoms. The molecule has 1 fully saturated rings. The van der Waals surface area contributed by atoms with Crippen molar-refractivity contribution >= 4 is 22.9 Å². The Bertz CT molecular complexity index is 1460. The number of allylic oxidation sites excluding steroid dienone is 1. The maximum absolute atomic E-state index is 15.4. The van der Waals surface area contributed by atoms with Gasteiger partial charge in [0.2, 0.25) is 5.88 Å². The summed E-state index contributed by atoms with van der Waals surface area (Å²) in [4.78, 5) is 15.0. The number of rotatable bonds is 7. The van der Waals surface area contributed by atoms with Crippen LogP contribution in [0.15, 0.2) is 35.2 Å². The van der Waals surface area contributed by atoms with Crippen molar-refractivity contribution in [2.45, 2.75) is 39.1 Å². The molecule has 0 radical (unpaired) electrons. The number of aliphatic hydroxyl groups excluding tert-OH is 1. The van der Waals surface area contributed by atoms with Gasteiger partial charge in [-0.25, -0.2) is 18.7 Å². The lowest BCUT2D eigenvalue weighted by molar-refractivity contribution is 0.102. The van der Waals surface area contributed by atoms with Crippen molar-refractivity contribution in [3.63, 3.8) is 0 Å². The van der Waals surface area contributed by atoms with Crippen LogP contribution in [0.4, 0.5) is 14.6 Å². The maximum atomic E-state index is 15.4. The van der Waals surface area contributed by atoms with Gasteiger partial charge in [-0.05, 0) is 19.4 Å². The van der Waals surface area contributed by atoms with Crippen molar-refractivity contribution in [1.82, 2.24) is 24.8 Å². The minimum Gasteiger partial charge on any atom is -0.434 e. The lowest BCUT2D eigenvalue weighted by Crippen LogP contribution is -2.43. The molecule has 0 saturated carbocycles. The SMILES string of the molecule is CCC(O)n1c(C)cc2c(F)c(Oc3ncnc(NC4CC=C(N5CCNCC5)C=N4)c3C#N)cc(F)c21. The third-order valence-corrected chi connectivity index (χ3v) is 6.68. The first kappa shape index (κ1) is 25.6. The number of hydrogen-bond acceptors (Lipinski definition) is 9. The molecule has 12 heteroatoms. The van der Waals surface area contributed by atoms with Crippen LogP contribution < -0.4 is 15.4 Å². The molecule has 3 N–H and O–H groups in total. The summed E-state index contributed by atoms with van der Waals surface area (Å²) >= 11 is 0. The summed E-state index contributed by atoms with van der Waals surface area (Å²) in [7, 11) is 0. The Morgan fingerprint density at radius 2 is 2.08 bits per heavy atom. The predicted octanol–water partition coefficient (Wildman–Crippen LogP) is 3.58. The Balaban J connectivity index is 1.39. The summed E-state index contributed by atoms with van der Waals surface area (Å²) in [6.07, 6.45) is 4.60. The number of anilines is 1. The average molecular weight is 523 g/mol. The van der Waals surface area contributed by atoms with Crippen LogP contribution in [0.3, 0.4) is 0 Å². The largest absolute Gasteiger partial charge is 0.434 e. The quantitative estimate of drug-likeness (QED) is 0.430. The molecule has 198 valence electrons. The van der Waals surface area contributed by atoms with Gasteiger partial charge in [0, 0.05) is 56.0 Å². The van der Waals surface area contributed by atoms with Crippen LogP contribution in [-0.4, -0.2) is 63.1 Å². The van der Waals surface area contributed by atoms with E-state index in [4.69, 9.17) is 4.74 Å². The fourth-order valence-electron chi connectivity index (χ4n) is 4.75. The van der Waals surface area contributed by atoms with Crippen molar-refractivity contribution in [2.24, 2.45) is 4.99 Å². The van der Waals surface area contributed by atoms with E-state index in [9.17, 15) is 10.4 Å². The van der Waals surface area contributed by atoms with Crippen molar-refractivity contribution in [2.75, 3.05) is 31.5 Å². The minimum absolute atomic E-state index is 0.0421. The Morgan fingerprint density at radius 1 is 1.29 bits per heavy atom. The van der Waals surface area contributed by atoms with Crippen molar-refractivity contribution < 1.29 is 18.6 Å². The van der Waals surface area contributed by atoms with E-state index in [2.05, 4.69) is 36.6 Å². The van der Waals surface area contributed by atoms with Crippen LogP contribution in [-0.2, 0) is 0 Å². The number of aryl methyl sites for hydroxylation is 1. The highest BCUT2D eigenvalue weighted by Crippen LogP contribution is 2.36. The number of nitriles is 1. The summed E-state index contributed by atoms with van der Waals surface area (Å²) in [6, 6.07) is 4.33. The number of dihydropyridines is 1. The molecule has 2 aromatic heterocycles. The Morgan fingerprint density at radius 3 is 2.76 bits per heavy atom. The minimum atomic E-state index is -1.00. The molecule has 0 bridgehead atoms. The van der Waals surface area contributed by atoms with Gasteiger partial charge < -0.3 is 29.9 Å². The first-order valence-corrected chi connectivity index (χ1v) is 12.5. The Labute approximate surface area is 218 Å². The highest BCUT2D eigenvalue weighted by molar-refractivity contribution is 5.84. The van der Waals surface area contributed by atoms with E-state index in [-0.39, 0.29) is 34.3 Å². The molecule has 10 nitrogen and oxygen atoms in total. The molecule has 2 aliphatic rings. The van der Waals surface area contributed by atoms with Crippen molar-refractivity contribution in [1.29, 1.82) is 5.26 Å². The van der Waals surface area contributed by atoms with E-state index in [1.165, 1.54) is 17.0 Å². The second-order valence-corrected chi connectivity index (χ2v) is 9.13. The topological polar surface area (TPSA) is 124 Å². The average Bonchev–Trinajstić information content (AvgIpc) is 3.30. The smallest absolute Gasteiger partial charge is 0.242 e. The molecule has 2 atom stereocenters. The van der Waals surface area contributed by atoms with Crippen molar-refractivity contribution in [3.8, 4) is 17.7 Å². The van der Waals surface area contributed by atoms with Crippen molar-refractivity contribution in [3.05, 3.63) is 53.1 Å². The van der Waals surface area contributed by atoms with E-state index in [0.717, 1.165) is 37.9 Å². The fraction of sp³-hybridized carbons (Fsp3) is 0.385. The van der Waals surface area contributed by atoms with Gasteiger partial charge >= 0.3 is 0 Å². The monoisotopic (exact) mass is 522 g/mol. The van der Waals surface area contributed by atoms with Gasteiger partial charge in [0.05, 0.1) is 11.2 Å². The zero-order valence-corrected chi connectivity index (χ0v) is 21.1. The van der Waals surface area contributed by atoms with Gasteiger partial charge in [0.25, 0.3) is 0 Å². The zero-order chi connectivity index (χ0) is 26.8. The molecule has 2 unspecified atom stereocenters. The molecule has 2 aliphatic heterocycles. The maximum Gasteiger partial charge on any atom is 0.242 e. The molecule has 0 aliphatic carbocycles. The number of aliphatic hydroxyl groups is 1. The number of benzene rings is 1. The summed E-state index contributed by atoms with van der Waals surface area (Å²) in [5.41, 5.74) is 1.43. The number of aromatic nitrogens is 3. The second-order valence-electron chi connectivity index (χ2n) is 9.13. The van der Waals surface area contributed by atoms with Crippen LogP contribution in [0.1, 0.15) is 37.3 Å². The standard InChI is InChI=1S/C26H28F2N8O2/c1-3-22(37)36-15(2)10-17-23(28)20(11-19(27)24(17)36)38-26-18(12-29)25(32-14-33-26)34-21-5-4-16(13-31-21)35-8-6-30-7-9-35/h4,10-11,13-14,21-22,30,37H,3,5-9H2,1-2H3,(H,32,33,34). The third-order valence-electron chi connectivity index (χ3n) is 6.68. The molecule has 1 saturated heterocycles. The molecule has 5 rings (SSSR count). The van der Waals surface area contributed by atoms with Crippen LogP contribution in [0, 0.1) is 29.9 Å². The number of nitrogens with one attached hydrogen (secondary N) is 2. The van der Waals surface area contributed by atoms with Crippen LogP contribution >= 0.6 is 0 Å². The van der Waals surface area contributed by atoms with E-state index >= 15 is 8.78 Å². The first-order chi connectivity index (χ1) is 18.4. The van der Waals surface area contributed by atoms with E-state index in [1.807, 2.05) is 6.07 Å². The Hall–Kier alpha value is -4.08. The molecule has 1 aromatic carbocycles. The molecular formula is C26H28F2N8O2. The van der Waals surface area contributed by atoms with Gasteiger partial charge in [0.1, 0.15) is 24.8 Å². The number of piperazine rings is 1. The van der Waals surface area contributed by atoms with Crippen LogP contribution in [0.25, 0.3) is 10.9 Å². The Kier molecular flexibility index (Phi) is 7.22. The predicted molar refractivity (Wildman–Crippen MR) is 138 cm³/mol. The number of halogens is 2. The third kappa shape index (κ3) is 4.78. The number of hydrogen-bond donors (Lipinski definition) is 3. The van der Waals surface area contributed by atoms with Crippen LogP contribution in [0.5, 0.6) is 11.6 Å². The van der Waals surface area contributed by atoms with E-state index < -0.39 is 23.6 Å². The van der Waals surface area contributed by atoms with Gasteiger partial charge in [-0.2, -0.15) is 5.26 Å². The number of ether oxygens (including phenoxy) is 1. The van der Waals surface area contributed by atoms with Gasteiger partial charge in [-0.15, -0.1) is 0 Å².